The lowest BCUT2D eigenvalue weighted by Gasteiger charge is -2.13. The van der Waals surface area contributed by atoms with E-state index in [2.05, 4.69) is 5.10 Å². The van der Waals surface area contributed by atoms with Crippen LogP contribution in [0.5, 0.6) is 0 Å². The molecular formula is C9H14N2O. The molecule has 0 saturated heterocycles. The van der Waals surface area contributed by atoms with Crippen LogP contribution in [0.3, 0.4) is 0 Å². The number of aliphatic hydroxyl groups excluding tert-OH is 1. The zero-order valence-corrected chi connectivity index (χ0v) is 7.27. The van der Waals surface area contributed by atoms with Crippen LogP contribution < -0.4 is 0 Å². The van der Waals surface area contributed by atoms with Gasteiger partial charge in [-0.2, -0.15) is 5.10 Å². The Morgan fingerprint density at radius 2 is 2.42 bits per heavy atom. The summed E-state index contributed by atoms with van der Waals surface area (Å²) < 4.78 is 1.86. The molecule has 0 aliphatic heterocycles. The maximum absolute atomic E-state index is 9.64. The van der Waals surface area contributed by atoms with Gasteiger partial charge in [0, 0.05) is 24.9 Å². The quantitative estimate of drug-likeness (QED) is 0.677. The van der Waals surface area contributed by atoms with Crippen molar-refractivity contribution in [3.63, 3.8) is 0 Å². The second-order valence-electron chi connectivity index (χ2n) is 3.48. The maximum Gasteiger partial charge on any atom is 0.0623 e. The highest BCUT2D eigenvalue weighted by molar-refractivity contribution is 5.11. The summed E-state index contributed by atoms with van der Waals surface area (Å²) in [5.41, 5.74) is 1.17. The van der Waals surface area contributed by atoms with Crippen molar-refractivity contribution in [1.29, 1.82) is 0 Å². The molecule has 1 aromatic heterocycles. The summed E-state index contributed by atoms with van der Waals surface area (Å²) >= 11 is 0. The average Bonchev–Trinajstić information content (AvgIpc) is 2.59. The van der Waals surface area contributed by atoms with E-state index in [-0.39, 0.29) is 6.10 Å². The lowest BCUT2D eigenvalue weighted by molar-refractivity contribution is 0.160. The molecule has 0 spiro atoms. The smallest absolute Gasteiger partial charge is 0.0623 e. The average molecular weight is 166 g/mol. The Balaban J connectivity index is 2.24. The fraction of sp³-hybridized carbons (Fsp3) is 0.667. The van der Waals surface area contributed by atoms with Crippen LogP contribution in [0.2, 0.25) is 0 Å². The molecule has 1 aliphatic rings. The van der Waals surface area contributed by atoms with Gasteiger partial charge in [0.2, 0.25) is 0 Å². The predicted octanol–water partition coefficient (Wildman–Crippen LogP) is 1.05. The molecule has 12 heavy (non-hydrogen) atoms. The Labute approximate surface area is 72.0 Å². The molecule has 1 fully saturated rings. The number of rotatable bonds is 1. The van der Waals surface area contributed by atoms with Gasteiger partial charge in [-0.15, -0.1) is 0 Å². The van der Waals surface area contributed by atoms with Gasteiger partial charge >= 0.3 is 0 Å². The molecule has 0 aromatic carbocycles. The van der Waals surface area contributed by atoms with E-state index in [9.17, 15) is 5.11 Å². The Morgan fingerprint density at radius 3 is 2.92 bits per heavy atom. The number of hydrogen-bond acceptors (Lipinski definition) is 2. The van der Waals surface area contributed by atoms with Gasteiger partial charge in [-0.05, 0) is 18.9 Å². The van der Waals surface area contributed by atoms with Gasteiger partial charge in [0.25, 0.3) is 0 Å². The van der Waals surface area contributed by atoms with E-state index in [0.29, 0.717) is 5.92 Å². The maximum atomic E-state index is 9.64. The summed E-state index contributed by atoms with van der Waals surface area (Å²) in [4.78, 5) is 0. The number of aliphatic hydroxyl groups is 1. The van der Waals surface area contributed by atoms with Crippen molar-refractivity contribution in [2.45, 2.75) is 31.3 Å². The molecule has 1 N–H and O–H groups in total. The van der Waals surface area contributed by atoms with E-state index >= 15 is 0 Å². The number of nitrogens with zero attached hydrogens (tertiary/aromatic N) is 2. The molecule has 66 valence electrons. The molecular weight excluding hydrogens is 152 g/mol. The van der Waals surface area contributed by atoms with Gasteiger partial charge in [0.15, 0.2) is 0 Å². The van der Waals surface area contributed by atoms with E-state index < -0.39 is 0 Å². The molecule has 3 heteroatoms. The number of hydrogen-bond donors (Lipinski definition) is 1. The van der Waals surface area contributed by atoms with Crippen molar-refractivity contribution in [3.8, 4) is 0 Å². The second-order valence-corrected chi connectivity index (χ2v) is 3.48. The van der Waals surface area contributed by atoms with E-state index in [0.717, 1.165) is 19.3 Å². The largest absolute Gasteiger partial charge is 0.392 e. The zero-order chi connectivity index (χ0) is 8.55. The monoisotopic (exact) mass is 166 g/mol. The summed E-state index contributed by atoms with van der Waals surface area (Å²) in [6.45, 7) is 0. The Morgan fingerprint density at radius 1 is 1.58 bits per heavy atom. The molecule has 0 unspecified atom stereocenters. The Bertz CT molecular complexity index is 269. The molecule has 1 aromatic rings. The Kier molecular flexibility index (Phi) is 1.89. The van der Waals surface area contributed by atoms with Crippen LogP contribution in [0, 0.1) is 0 Å². The van der Waals surface area contributed by atoms with Gasteiger partial charge in [-0.1, -0.05) is 6.42 Å². The lowest BCUT2D eigenvalue weighted by Crippen LogP contribution is -2.14. The fourth-order valence-electron chi connectivity index (χ4n) is 2.03. The Hall–Kier alpha value is -0.830. The minimum Gasteiger partial charge on any atom is -0.392 e. The van der Waals surface area contributed by atoms with Crippen LogP contribution in [0.25, 0.3) is 0 Å². The van der Waals surface area contributed by atoms with Crippen molar-refractivity contribution in [1.82, 2.24) is 9.78 Å². The first kappa shape index (κ1) is 7.80. The molecule has 1 aliphatic carbocycles. The minimum absolute atomic E-state index is 0.152. The predicted molar refractivity (Wildman–Crippen MR) is 45.8 cm³/mol. The second kappa shape index (κ2) is 2.90. The standard InChI is InChI=1S/C9H14N2O/c1-11-8(5-6-10-11)7-3-2-4-9(7)12/h5-7,9,12H,2-4H2,1H3/t7-,9+/m0/s1. The van der Waals surface area contributed by atoms with Crippen LogP contribution in [0.4, 0.5) is 0 Å². The van der Waals surface area contributed by atoms with Crippen LogP contribution >= 0.6 is 0 Å². The normalized spacial score (nSPS) is 29.5. The third-order valence-corrected chi connectivity index (χ3v) is 2.72. The summed E-state index contributed by atoms with van der Waals surface area (Å²) in [5, 5.41) is 13.7. The summed E-state index contributed by atoms with van der Waals surface area (Å²) in [5.74, 6) is 0.317. The third kappa shape index (κ3) is 1.14. The SMILES string of the molecule is Cn1nccc1[C@@H]1CCC[C@H]1O. The van der Waals surface area contributed by atoms with Crippen molar-refractivity contribution >= 4 is 0 Å². The summed E-state index contributed by atoms with van der Waals surface area (Å²) in [6, 6.07) is 2.00. The fourth-order valence-corrected chi connectivity index (χ4v) is 2.03. The van der Waals surface area contributed by atoms with Crippen LogP contribution in [-0.4, -0.2) is 21.0 Å². The van der Waals surface area contributed by atoms with Gasteiger partial charge < -0.3 is 5.11 Å². The summed E-state index contributed by atoms with van der Waals surface area (Å²) in [7, 11) is 1.93. The topological polar surface area (TPSA) is 38.0 Å². The molecule has 1 saturated carbocycles. The third-order valence-electron chi connectivity index (χ3n) is 2.72. The molecule has 0 radical (unpaired) electrons. The van der Waals surface area contributed by atoms with Crippen LogP contribution in [0.1, 0.15) is 30.9 Å². The number of aromatic nitrogens is 2. The summed E-state index contributed by atoms with van der Waals surface area (Å²) in [6.07, 6.45) is 4.81. The van der Waals surface area contributed by atoms with E-state index in [1.54, 1.807) is 6.20 Å². The lowest BCUT2D eigenvalue weighted by atomic mass is 10.0. The van der Waals surface area contributed by atoms with Crippen molar-refractivity contribution in [3.05, 3.63) is 18.0 Å². The molecule has 2 rings (SSSR count). The molecule has 3 nitrogen and oxygen atoms in total. The highest BCUT2D eigenvalue weighted by atomic mass is 16.3. The van der Waals surface area contributed by atoms with E-state index in [1.165, 1.54) is 5.69 Å². The highest BCUT2D eigenvalue weighted by Crippen LogP contribution is 2.33. The van der Waals surface area contributed by atoms with E-state index in [4.69, 9.17) is 0 Å². The van der Waals surface area contributed by atoms with Gasteiger partial charge in [-0.25, -0.2) is 0 Å². The first-order valence-electron chi connectivity index (χ1n) is 4.45. The molecule has 2 atom stereocenters. The molecule has 0 amide bonds. The minimum atomic E-state index is -0.152. The van der Waals surface area contributed by atoms with Gasteiger partial charge in [-0.3, -0.25) is 4.68 Å². The first-order valence-corrected chi connectivity index (χ1v) is 4.45. The zero-order valence-electron chi connectivity index (χ0n) is 7.27. The van der Waals surface area contributed by atoms with Crippen LogP contribution in [0.15, 0.2) is 12.3 Å². The van der Waals surface area contributed by atoms with Gasteiger partial charge in [0.1, 0.15) is 0 Å². The molecule has 1 heterocycles. The van der Waals surface area contributed by atoms with Crippen molar-refractivity contribution < 1.29 is 5.11 Å². The van der Waals surface area contributed by atoms with Crippen molar-refractivity contribution in [2.75, 3.05) is 0 Å². The van der Waals surface area contributed by atoms with Crippen LogP contribution in [-0.2, 0) is 7.05 Å². The highest BCUT2D eigenvalue weighted by Gasteiger charge is 2.28. The van der Waals surface area contributed by atoms with E-state index in [1.807, 2.05) is 17.8 Å². The van der Waals surface area contributed by atoms with Crippen molar-refractivity contribution in [2.24, 2.45) is 7.05 Å². The number of aryl methyl sites for hydroxylation is 1. The first-order chi connectivity index (χ1) is 5.79. The van der Waals surface area contributed by atoms with Gasteiger partial charge in [0.05, 0.1) is 6.10 Å². The molecule has 0 bridgehead atoms.